The van der Waals surface area contributed by atoms with E-state index in [-0.39, 0.29) is 17.6 Å². The zero-order valence-corrected chi connectivity index (χ0v) is 22.6. The zero-order chi connectivity index (χ0) is 27.3. The highest BCUT2D eigenvalue weighted by atomic mass is 79.9. The molecule has 4 rings (SSSR count). The number of nitrogens with two attached hydrogens (primary N) is 1. The minimum atomic E-state index is -0.384. The molecule has 5 N–H and O–H groups in total. The van der Waals surface area contributed by atoms with Crippen molar-refractivity contribution < 1.29 is 9.59 Å². The third-order valence-electron chi connectivity index (χ3n) is 5.73. The molecule has 0 saturated heterocycles. The molecule has 0 fully saturated rings. The summed E-state index contributed by atoms with van der Waals surface area (Å²) < 4.78 is 0.580. The molecule has 3 aromatic rings. The van der Waals surface area contributed by atoms with Crippen LogP contribution in [0.1, 0.15) is 40.1 Å². The van der Waals surface area contributed by atoms with Crippen molar-refractivity contribution in [3.05, 3.63) is 81.1 Å². The third kappa shape index (κ3) is 5.20. The van der Waals surface area contributed by atoms with E-state index in [0.29, 0.717) is 38.1 Å². The summed E-state index contributed by atoms with van der Waals surface area (Å²) in [6.45, 7) is 7.39. The number of aromatic nitrogens is 1. The molecule has 1 aliphatic rings. The molecule has 2 heterocycles. The molecule has 9 nitrogen and oxygen atoms in total. The van der Waals surface area contributed by atoms with E-state index in [1.54, 1.807) is 55.9 Å². The number of allylic oxidation sites excluding steroid dienone is 2. The number of para-hydroxylation sites is 1. The van der Waals surface area contributed by atoms with Crippen LogP contribution in [0.5, 0.6) is 0 Å². The number of nitrogens with zero attached hydrogens (tertiary/aromatic N) is 3. The first-order valence-corrected chi connectivity index (χ1v) is 12.1. The number of carbonyl (C=O) groups excluding carboxylic acids is 2. The van der Waals surface area contributed by atoms with E-state index in [1.807, 2.05) is 19.9 Å². The Morgan fingerprint density at radius 3 is 2.51 bits per heavy atom. The van der Waals surface area contributed by atoms with Crippen molar-refractivity contribution >= 4 is 68.8 Å². The van der Waals surface area contributed by atoms with Crippen LogP contribution >= 0.6 is 15.9 Å². The molecule has 190 valence electrons. The summed E-state index contributed by atoms with van der Waals surface area (Å²) in [4.78, 5) is 39.1. The molecule has 37 heavy (non-hydrogen) atoms. The van der Waals surface area contributed by atoms with Crippen LogP contribution in [0.3, 0.4) is 0 Å². The third-order valence-corrected chi connectivity index (χ3v) is 6.39. The van der Waals surface area contributed by atoms with Crippen LogP contribution in [-0.4, -0.2) is 49.7 Å². The molecule has 0 atom stereocenters. The highest BCUT2D eigenvalue weighted by Crippen LogP contribution is 2.38. The Morgan fingerprint density at radius 1 is 1.16 bits per heavy atom. The smallest absolute Gasteiger partial charge is 0.267 e. The Labute approximate surface area is 223 Å². The summed E-state index contributed by atoms with van der Waals surface area (Å²) in [7, 11) is 3.28. The number of anilines is 1. The molecule has 10 heteroatoms. The largest absolute Gasteiger partial charge is 0.392 e. The Kier molecular flexibility index (Phi) is 8.69. The van der Waals surface area contributed by atoms with Gasteiger partial charge in [-0.1, -0.05) is 18.2 Å². The van der Waals surface area contributed by atoms with Gasteiger partial charge in [-0.3, -0.25) is 20.0 Å². The molecule has 0 saturated carbocycles. The van der Waals surface area contributed by atoms with Gasteiger partial charge in [-0.15, -0.1) is 0 Å². The standard InChI is InChI=1S/C26H23BrN6O2.CH5N/c1-14(12-31-21(28)11-15(2)29-3)23(30-4)18-13-32-24-16(18)7-6-10-20(24)33-25(34)17-8-5-9-19(27)22(17)26(33)35;1-2/h5-13,28-29,32H,4H2,1-3H3;2H2,1H3/b15-11-,23-14-,28-21?,31-12?;. The van der Waals surface area contributed by atoms with E-state index in [0.717, 1.165) is 16.6 Å². The number of aliphatic imine (C=N–C) groups is 2. The van der Waals surface area contributed by atoms with Crippen molar-refractivity contribution in [1.29, 1.82) is 5.41 Å². The number of hydrogen-bond acceptors (Lipinski definition) is 6. The first kappa shape index (κ1) is 27.4. The lowest BCUT2D eigenvalue weighted by Gasteiger charge is -2.15. The van der Waals surface area contributed by atoms with Gasteiger partial charge in [0.25, 0.3) is 11.8 Å². The fourth-order valence-electron chi connectivity index (χ4n) is 3.95. The van der Waals surface area contributed by atoms with E-state index < -0.39 is 0 Å². The van der Waals surface area contributed by atoms with Crippen LogP contribution in [0.4, 0.5) is 5.69 Å². The van der Waals surface area contributed by atoms with E-state index >= 15 is 0 Å². The molecule has 0 aliphatic carbocycles. The van der Waals surface area contributed by atoms with Crippen molar-refractivity contribution in [2.75, 3.05) is 19.0 Å². The Bertz CT molecular complexity index is 1500. The molecular weight excluding hydrogens is 534 g/mol. The van der Waals surface area contributed by atoms with Gasteiger partial charge in [-0.25, -0.2) is 9.89 Å². The van der Waals surface area contributed by atoms with E-state index in [4.69, 9.17) is 5.41 Å². The van der Waals surface area contributed by atoms with E-state index in [9.17, 15) is 9.59 Å². The van der Waals surface area contributed by atoms with Crippen LogP contribution in [0, 0.1) is 5.41 Å². The summed E-state index contributed by atoms with van der Waals surface area (Å²) in [5, 5.41) is 11.7. The molecule has 1 aromatic heterocycles. The fourth-order valence-corrected chi connectivity index (χ4v) is 4.48. The number of nitrogens with one attached hydrogen (secondary N) is 3. The molecule has 0 radical (unpaired) electrons. The molecule has 2 aromatic carbocycles. The number of carbonyl (C=O) groups is 2. The van der Waals surface area contributed by atoms with Crippen LogP contribution in [-0.2, 0) is 0 Å². The maximum atomic E-state index is 13.2. The monoisotopic (exact) mass is 561 g/mol. The van der Waals surface area contributed by atoms with Crippen molar-refractivity contribution in [2.24, 2.45) is 15.7 Å². The van der Waals surface area contributed by atoms with Gasteiger partial charge in [-0.05, 0) is 67.3 Å². The summed E-state index contributed by atoms with van der Waals surface area (Å²) in [6, 6.07) is 10.5. The lowest BCUT2D eigenvalue weighted by atomic mass is 10.1. The molecule has 2 amide bonds. The Morgan fingerprint density at radius 2 is 1.86 bits per heavy atom. The second-order valence-electron chi connectivity index (χ2n) is 7.92. The molecule has 0 unspecified atom stereocenters. The van der Waals surface area contributed by atoms with E-state index in [2.05, 4.69) is 48.7 Å². The number of rotatable bonds is 6. The minimum Gasteiger partial charge on any atom is -0.392 e. The summed E-state index contributed by atoms with van der Waals surface area (Å²) in [6.07, 6.45) is 4.94. The number of imide groups is 1. The predicted molar refractivity (Wildman–Crippen MR) is 155 cm³/mol. The van der Waals surface area contributed by atoms with Crippen LogP contribution in [0.25, 0.3) is 16.6 Å². The predicted octanol–water partition coefficient (Wildman–Crippen LogP) is 4.91. The summed E-state index contributed by atoms with van der Waals surface area (Å²) >= 11 is 3.39. The number of halogens is 1. The number of amides is 2. The van der Waals surface area contributed by atoms with Crippen LogP contribution in [0.2, 0.25) is 0 Å². The summed E-state index contributed by atoms with van der Waals surface area (Å²) in [5.74, 6) is -0.664. The minimum absolute atomic E-state index is 0.0950. The van der Waals surface area contributed by atoms with Crippen molar-refractivity contribution in [3.8, 4) is 0 Å². The van der Waals surface area contributed by atoms with Gasteiger partial charge in [0, 0.05) is 46.7 Å². The quantitative estimate of drug-likeness (QED) is 0.193. The lowest BCUT2D eigenvalue weighted by Crippen LogP contribution is -2.29. The van der Waals surface area contributed by atoms with Gasteiger partial charge in [-0.2, -0.15) is 0 Å². The number of amidine groups is 1. The number of aromatic amines is 1. The average Bonchev–Trinajstić information content (AvgIpc) is 3.44. The Hall–Kier alpha value is -4.15. The fraction of sp³-hybridized carbons (Fsp3) is 0.148. The van der Waals surface area contributed by atoms with Gasteiger partial charge in [0.1, 0.15) is 5.84 Å². The maximum absolute atomic E-state index is 13.2. The van der Waals surface area contributed by atoms with Gasteiger partial charge in [0.15, 0.2) is 0 Å². The van der Waals surface area contributed by atoms with Gasteiger partial charge >= 0.3 is 0 Å². The molecule has 0 spiro atoms. The van der Waals surface area contributed by atoms with Crippen molar-refractivity contribution in [2.45, 2.75) is 13.8 Å². The van der Waals surface area contributed by atoms with Crippen LogP contribution < -0.4 is 16.0 Å². The Balaban J connectivity index is 0.00000186. The second kappa shape index (κ2) is 11.7. The molecule has 1 aliphatic heterocycles. The topological polar surface area (TPSA) is 140 Å². The molecular formula is C27H28BrN7O2. The average molecular weight is 562 g/mol. The van der Waals surface area contributed by atoms with Gasteiger partial charge in [0.05, 0.1) is 28.0 Å². The van der Waals surface area contributed by atoms with Crippen molar-refractivity contribution in [1.82, 2.24) is 10.3 Å². The number of fused-ring (bicyclic) bond motifs is 2. The highest BCUT2D eigenvalue weighted by Gasteiger charge is 2.39. The van der Waals surface area contributed by atoms with Gasteiger partial charge in [0.2, 0.25) is 0 Å². The first-order chi connectivity index (χ1) is 17.8. The highest BCUT2D eigenvalue weighted by molar-refractivity contribution is 9.10. The normalized spacial score (nSPS) is 13.9. The zero-order valence-electron chi connectivity index (χ0n) is 21.0. The maximum Gasteiger partial charge on any atom is 0.267 e. The van der Waals surface area contributed by atoms with Gasteiger partial charge < -0.3 is 16.0 Å². The second-order valence-corrected chi connectivity index (χ2v) is 8.78. The molecule has 0 bridgehead atoms. The first-order valence-electron chi connectivity index (χ1n) is 11.3. The number of H-pyrrole nitrogens is 1. The van der Waals surface area contributed by atoms with Crippen LogP contribution in [0.15, 0.2) is 74.4 Å². The lowest BCUT2D eigenvalue weighted by molar-refractivity contribution is 0.0926. The summed E-state index contributed by atoms with van der Waals surface area (Å²) in [5.41, 5.74) is 9.13. The SMILES string of the molecule is C=N/C(=C(/C)C=NC(=N)/C=C(/C)NC)c1c[nH]c2c(N3C(=O)c4cccc(Br)c4C3=O)cccc12.CN. The van der Waals surface area contributed by atoms with E-state index in [1.165, 1.54) is 11.9 Å². The van der Waals surface area contributed by atoms with Crippen molar-refractivity contribution in [3.63, 3.8) is 0 Å². The number of hydrogen-bond donors (Lipinski definition) is 4. The number of benzene rings is 2.